The minimum absolute atomic E-state index is 0.0422. The fraction of sp³-hybridized carbons (Fsp3) is 0.278. The van der Waals surface area contributed by atoms with Crippen LogP contribution in [0.25, 0.3) is 0 Å². The summed E-state index contributed by atoms with van der Waals surface area (Å²) in [5, 5.41) is 2.94. The molecule has 3 nitrogen and oxygen atoms in total. The second-order valence-corrected chi connectivity index (χ2v) is 5.88. The van der Waals surface area contributed by atoms with E-state index >= 15 is 0 Å². The van der Waals surface area contributed by atoms with Crippen molar-refractivity contribution in [3.8, 4) is 0 Å². The summed E-state index contributed by atoms with van der Waals surface area (Å²) in [5.41, 5.74) is 7.63. The number of anilines is 1. The molecule has 0 aromatic heterocycles. The highest BCUT2D eigenvalue weighted by Gasteiger charge is 2.29. The first kappa shape index (κ1) is 16.0. The zero-order valence-corrected chi connectivity index (χ0v) is 12.9. The van der Waals surface area contributed by atoms with Crippen molar-refractivity contribution < 1.29 is 9.18 Å². The number of amides is 1. The van der Waals surface area contributed by atoms with Crippen LogP contribution in [0.5, 0.6) is 0 Å². The molecule has 0 fully saturated rings. The first-order chi connectivity index (χ1) is 10.4. The summed E-state index contributed by atoms with van der Waals surface area (Å²) < 4.78 is 12.8. The Morgan fingerprint density at radius 3 is 2.27 bits per heavy atom. The molecule has 0 radical (unpaired) electrons. The van der Waals surface area contributed by atoms with Crippen molar-refractivity contribution in [3.63, 3.8) is 0 Å². The third kappa shape index (κ3) is 3.85. The quantitative estimate of drug-likeness (QED) is 0.834. The van der Waals surface area contributed by atoms with E-state index in [4.69, 9.17) is 5.73 Å². The molecular formula is C18H21FN2O. The molecule has 2 aromatic rings. The largest absolute Gasteiger partial charge is 0.399 e. The number of hydrogen-bond acceptors (Lipinski definition) is 2. The molecule has 0 saturated heterocycles. The molecule has 0 aliphatic rings. The lowest BCUT2D eigenvalue weighted by Gasteiger charge is -2.24. The number of carbonyl (C=O) groups is 1. The van der Waals surface area contributed by atoms with Gasteiger partial charge in [0.05, 0.1) is 5.41 Å². The Labute approximate surface area is 130 Å². The van der Waals surface area contributed by atoms with Crippen LogP contribution in [0.1, 0.15) is 25.0 Å². The van der Waals surface area contributed by atoms with Gasteiger partial charge < -0.3 is 11.1 Å². The summed E-state index contributed by atoms with van der Waals surface area (Å²) in [7, 11) is 0. The topological polar surface area (TPSA) is 55.1 Å². The molecule has 2 rings (SSSR count). The molecular weight excluding hydrogens is 279 g/mol. The average molecular weight is 300 g/mol. The zero-order valence-electron chi connectivity index (χ0n) is 12.9. The van der Waals surface area contributed by atoms with E-state index in [0.717, 1.165) is 11.1 Å². The van der Waals surface area contributed by atoms with E-state index in [2.05, 4.69) is 5.32 Å². The number of nitrogens with one attached hydrogen (secondary N) is 1. The van der Waals surface area contributed by atoms with E-state index in [9.17, 15) is 9.18 Å². The van der Waals surface area contributed by atoms with Gasteiger partial charge in [0.2, 0.25) is 5.91 Å². The van der Waals surface area contributed by atoms with Crippen LogP contribution in [0.15, 0.2) is 48.5 Å². The molecule has 0 spiro atoms. The lowest BCUT2D eigenvalue weighted by molar-refractivity contribution is -0.125. The molecule has 116 valence electrons. The predicted molar refractivity (Wildman–Crippen MR) is 87.0 cm³/mol. The van der Waals surface area contributed by atoms with Crippen molar-refractivity contribution in [2.75, 3.05) is 12.3 Å². The summed E-state index contributed by atoms with van der Waals surface area (Å²) in [5.74, 6) is -0.295. The first-order valence-corrected chi connectivity index (χ1v) is 7.28. The summed E-state index contributed by atoms with van der Waals surface area (Å²) in [6, 6.07) is 13.6. The maximum Gasteiger partial charge on any atom is 0.230 e. The monoisotopic (exact) mass is 300 g/mol. The number of carbonyl (C=O) groups excluding carboxylic acids is 1. The van der Waals surface area contributed by atoms with Gasteiger partial charge in [-0.3, -0.25) is 4.79 Å². The molecule has 1 amide bonds. The molecule has 0 aliphatic carbocycles. The summed E-state index contributed by atoms with van der Waals surface area (Å²) in [6.07, 6.45) is 0.670. The highest BCUT2D eigenvalue weighted by molar-refractivity contribution is 5.87. The Morgan fingerprint density at radius 2 is 1.68 bits per heavy atom. The van der Waals surface area contributed by atoms with E-state index < -0.39 is 5.41 Å². The van der Waals surface area contributed by atoms with Crippen molar-refractivity contribution in [1.82, 2.24) is 5.32 Å². The second kappa shape index (κ2) is 6.60. The number of benzene rings is 2. The number of nitrogens with two attached hydrogens (primary N) is 1. The van der Waals surface area contributed by atoms with Crippen molar-refractivity contribution in [2.45, 2.75) is 25.7 Å². The lowest BCUT2D eigenvalue weighted by atomic mass is 9.83. The molecule has 22 heavy (non-hydrogen) atoms. The van der Waals surface area contributed by atoms with Crippen molar-refractivity contribution in [3.05, 3.63) is 65.5 Å². The van der Waals surface area contributed by atoms with Gasteiger partial charge in [-0.05, 0) is 55.7 Å². The van der Waals surface area contributed by atoms with Gasteiger partial charge in [0, 0.05) is 12.2 Å². The molecule has 2 aromatic carbocycles. The number of nitrogen functional groups attached to an aromatic ring is 1. The average Bonchev–Trinajstić information content (AvgIpc) is 2.49. The van der Waals surface area contributed by atoms with Gasteiger partial charge in [-0.15, -0.1) is 0 Å². The standard InChI is InChI=1S/C18H21FN2O/c1-18(2,14-5-9-16(20)10-6-14)17(22)21-12-11-13-3-7-15(19)8-4-13/h3-10H,11-12,20H2,1-2H3,(H,21,22). The fourth-order valence-corrected chi connectivity index (χ4v) is 2.22. The van der Waals surface area contributed by atoms with Crippen LogP contribution < -0.4 is 11.1 Å². The highest BCUT2D eigenvalue weighted by atomic mass is 19.1. The Balaban J connectivity index is 1.93. The van der Waals surface area contributed by atoms with Crippen LogP contribution in [0.2, 0.25) is 0 Å². The van der Waals surface area contributed by atoms with Crippen molar-refractivity contribution in [2.24, 2.45) is 0 Å². The van der Waals surface area contributed by atoms with Gasteiger partial charge in [0.25, 0.3) is 0 Å². The molecule has 0 heterocycles. The van der Waals surface area contributed by atoms with Gasteiger partial charge in [0.15, 0.2) is 0 Å². The van der Waals surface area contributed by atoms with Gasteiger partial charge in [-0.25, -0.2) is 4.39 Å². The van der Waals surface area contributed by atoms with Crippen LogP contribution in [0, 0.1) is 5.82 Å². The Kier molecular flexibility index (Phi) is 4.81. The van der Waals surface area contributed by atoms with E-state index in [1.165, 1.54) is 12.1 Å². The number of rotatable bonds is 5. The summed E-state index contributed by atoms with van der Waals surface area (Å²) >= 11 is 0. The smallest absolute Gasteiger partial charge is 0.230 e. The molecule has 0 saturated carbocycles. The second-order valence-electron chi connectivity index (χ2n) is 5.88. The van der Waals surface area contributed by atoms with Gasteiger partial charge in [-0.2, -0.15) is 0 Å². The van der Waals surface area contributed by atoms with Crippen LogP contribution >= 0.6 is 0 Å². The number of halogens is 1. The first-order valence-electron chi connectivity index (χ1n) is 7.28. The van der Waals surface area contributed by atoms with Crippen LogP contribution in [-0.2, 0) is 16.6 Å². The molecule has 0 unspecified atom stereocenters. The third-order valence-electron chi connectivity index (χ3n) is 3.81. The van der Waals surface area contributed by atoms with E-state index in [-0.39, 0.29) is 11.7 Å². The summed E-state index contributed by atoms with van der Waals surface area (Å²) in [4.78, 5) is 12.4. The van der Waals surface area contributed by atoms with Gasteiger partial charge in [-0.1, -0.05) is 24.3 Å². The Hall–Kier alpha value is -2.36. The van der Waals surface area contributed by atoms with Crippen molar-refractivity contribution >= 4 is 11.6 Å². The highest BCUT2D eigenvalue weighted by Crippen LogP contribution is 2.24. The van der Waals surface area contributed by atoms with Crippen LogP contribution in [0.3, 0.4) is 0 Å². The van der Waals surface area contributed by atoms with Gasteiger partial charge in [0.1, 0.15) is 5.82 Å². The molecule has 0 aliphatic heterocycles. The van der Waals surface area contributed by atoms with Crippen molar-refractivity contribution in [1.29, 1.82) is 0 Å². The maximum absolute atomic E-state index is 12.8. The van der Waals surface area contributed by atoms with Crippen LogP contribution in [-0.4, -0.2) is 12.5 Å². The molecule has 0 atom stereocenters. The normalized spacial score (nSPS) is 11.2. The zero-order chi connectivity index (χ0) is 16.2. The SMILES string of the molecule is CC(C)(C(=O)NCCc1ccc(F)cc1)c1ccc(N)cc1. The lowest BCUT2D eigenvalue weighted by Crippen LogP contribution is -2.40. The number of hydrogen-bond donors (Lipinski definition) is 2. The molecule has 0 bridgehead atoms. The van der Waals surface area contributed by atoms with Gasteiger partial charge >= 0.3 is 0 Å². The summed E-state index contributed by atoms with van der Waals surface area (Å²) in [6.45, 7) is 4.28. The minimum Gasteiger partial charge on any atom is -0.399 e. The van der Waals surface area contributed by atoms with E-state index in [1.54, 1.807) is 24.3 Å². The predicted octanol–water partition coefficient (Wildman–Crippen LogP) is 3.04. The Bertz CT molecular complexity index is 633. The maximum atomic E-state index is 12.8. The molecule has 4 heteroatoms. The van der Waals surface area contributed by atoms with Crippen LogP contribution in [0.4, 0.5) is 10.1 Å². The fourth-order valence-electron chi connectivity index (χ4n) is 2.22. The molecule has 3 N–H and O–H groups in total. The minimum atomic E-state index is -0.628. The third-order valence-corrected chi connectivity index (χ3v) is 3.81. The Morgan fingerprint density at radius 1 is 1.09 bits per heavy atom. The van der Waals surface area contributed by atoms with E-state index in [1.807, 2.05) is 26.0 Å². The van der Waals surface area contributed by atoms with E-state index in [0.29, 0.717) is 18.7 Å².